The van der Waals surface area contributed by atoms with Crippen molar-refractivity contribution in [2.75, 3.05) is 32.7 Å². The van der Waals surface area contributed by atoms with Gasteiger partial charge >= 0.3 is 11.7 Å². The van der Waals surface area contributed by atoms with Crippen LogP contribution in [-0.4, -0.2) is 69.5 Å². The van der Waals surface area contributed by atoms with Crippen LogP contribution in [0.5, 0.6) is 0 Å². The molecule has 3 N–H and O–H groups in total. The van der Waals surface area contributed by atoms with E-state index < -0.39 is 11.7 Å². The Morgan fingerprint density at radius 2 is 1.94 bits per heavy atom. The number of aromatic amines is 2. The predicted molar refractivity (Wildman–Crippen MR) is 61.4 cm³/mol. The lowest BCUT2D eigenvalue weighted by Crippen LogP contribution is -2.50. The summed E-state index contributed by atoms with van der Waals surface area (Å²) < 4.78 is 0. The van der Waals surface area contributed by atoms with E-state index in [9.17, 15) is 14.4 Å². The second-order valence-corrected chi connectivity index (χ2v) is 4.12. The fourth-order valence-corrected chi connectivity index (χ4v) is 1.92. The van der Waals surface area contributed by atoms with Gasteiger partial charge in [0.25, 0.3) is 5.91 Å². The maximum absolute atomic E-state index is 11.9. The highest BCUT2D eigenvalue weighted by atomic mass is 16.4. The van der Waals surface area contributed by atoms with Gasteiger partial charge < -0.3 is 20.0 Å². The van der Waals surface area contributed by atoms with Gasteiger partial charge in [0.05, 0.1) is 6.54 Å². The van der Waals surface area contributed by atoms with Gasteiger partial charge in [0.1, 0.15) is 5.69 Å². The highest BCUT2D eigenvalue weighted by molar-refractivity contribution is 5.92. The van der Waals surface area contributed by atoms with Crippen LogP contribution in [-0.2, 0) is 4.79 Å². The largest absolute Gasteiger partial charge is 0.480 e. The lowest BCUT2D eigenvalue weighted by molar-refractivity contribution is -0.138. The number of carbonyl (C=O) groups excluding carboxylic acids is 1. The van der Waals surface area contributed by atoms with Gasteiger partial charge in [0.2, 0.25) is 0 Å². The van der Waals surface area contributed by atoms with Gasteiger partial charge in [-0.1, -0.05) is 0 Å². The molecule has 1 fully saturated rings. The number of nitrogens with zero attached hydrogens (tertiary/aromatic N) is 2. The topological polar surface area (TPSA) is 110 Å². The zero-order chi connectivity index (χ0) is 13.1. The molecule has 1 aromatic rings. The molecule has 18 heavy (non-hydrogen) atoms. The van der Waals surface area contributed by atoms with E-state index >= 15 is 0 Å². The number of carboxylic acid groups (broad SMARTS) is 1. The second kappa shape index (κ2) is 5.05. The monoisotopic (exact) mass is 254 g/mol. The molecule has 1 amide bonds. The van der Waals surface area contributed by atoms with Crippen LogP contribution in [0.3, 0.4) is 0 Å². The molecular weight excluding hydrogens is 240 g/mol. The fourth-order valence-electron chi connectivity index (χ4n) is 1.92. The lowest BCUT2D eigenvalue weighted by atomic mass is 10.3. The number of aliphatic carboxylic acids is 1. The number of carboxylic acids is 1. The third kappa shape index (κ3) is 2.77. The number of carbonyl (C=O) groups is 2. The first-order valence-electron chi connectivity index (χ1n) is 5.57. The third-order valence-electron chi connectivity index (χ3n) is 2.84. The molecule has 8 heteroatoms. The lowest BCUT2D eigenvalue weighted by Gasteiger charge is -2.33. The first-order valence-corrected chi connectivity index (χ1v) is 5.57. The quantitative estimate of drug-likeness (QED) is 0.611. The number of piperazine rings is 1. The van der Waals surface area contributed by atoms with Crippen LogP contribution in [0.4, 0.5) is 0 Å². The number of aromatic nitrogens is 2. The molecule has 0 unspecified atom stereocenters. The summed E-state index contributed by atoms with van der Waals surface area (Å²) in [4.78, 5) is 41.5. The van der Waals surface area contributed by atoms with E-state index in [4.69, 9.17) is 5.11 Å². The number of hydrogen-bond donors (Lipinski definition) is 3. The van der Waals surface area contributed by atoms with Crippen LogP contribution < -0.4 is 5.69 Å². The van der Waals surface area contributed by atoms with E-state index in [-0.39, 0.29) is 18.1 Å². The molecule has 8 nitrogen and oxygen atoms in total. The van der Waals surface area contributed by atoms with Crippen LogP contribution in [0.15, 0.2) is 11.0 Å². The van der Waals surface area contributed by atoms with Crippen molar-refractivity contribution in [2.24, 2.45) is 0 Å². The summed E-state index contributed by atoms with van der Waals surface area (Å²) in [7, 11) is 0. The highest BCUT2D eigenvalue weighted by Gasteiger charge is 2.23. The zero-order valence-corrected chi connectivity index (χ0v) is 9.68. The first-order chi connectivity index (χ1) is 8.56. The number of hydrogen-bond acceptors (Lipinski definition) is 4. The number of imidazole rings is 1. The molecule has 1 saturated heterocycles. The Balaban J connectivity index is 1.91. The fraction of sp³-hybridized carbons (Fsp3) is 0.500. The number of H-pyrrole nitrogens is 2. The van der Waals surface area contributed by atoms with Crippen molar-refractivity contribution in [3.05, 3.63) is 22.4 Å². The molecule has 0 aromatic carbocycles. The number of amides is 1. The molecule has 0 saturated carbocycles. The second-order valence-electron chi connectivity index (χ2n) is 4.12. The Hall–Kier alpha value is -2.09. The van der Waals surface area contributed by atoms with Crippen molar-refractivity contribution >= 4 is 11.9 Å². The minimum Gasteiger partial charge on any atom is -0.480 e. The highest BCUT2D eigenvalue weighted by Crippen LogP contribution is 2.05. The van der Waals surface area contributed by atoms with Gasteiger partial charge in [-0.3, -0.25) is 14.5 Å². The normalized spacial score (nSPS) is 16.8. The number of nitrogens with one attached hydrogen (secondary N) is 2. The summed E-state index contributed by atoms with van der Waals surface area (Å²) in [6.45, 7) is 1.95. The molecule has 0 spiro atoms. The Kier molecular flexibility index (Phi) is 3.47. The molecule has 2 heterocycles. The van der Waals surface area contributed by atoms with E-state index in [2.05, 4.69) is 9.97 Å². The summed E-state index contributed by atoms with van der Waals surface area (Å²) in [5.74, 6) is -1.12. The van der Waals surface area contributed by atoms with Gasteiger partial charge in [0.15, 0.2) is 0 Å². The van der Waals surface area contributed by atoms with Crippen molar-refractivity contribution in [1.29, 1.82) is 0 Å². The summed E-state index contributed by atoms with van der Waals surface area (Å²) in [5, 5.41) is 8.66. The molecule has 0 atom stereocenters. The SMILES string of the molecule is O=C(O)CN1CCN(C(=O)c2c[nH]c(=O)[nH]2)CC1. The van der Waals surface area contributed by atoms with Gasteiger partial charge in [0, 0.05) is 32.4 Å². The zero-order valence-electron chi connectivity index (χ0n) is 9.68. The average molecular weight is 254 g/mol. The van der Waals surface area contributed by atoms with Crippen LogP contribution in [0, 0.1) is 0 Å². The maximum atomic E-state index is 11.9. The van der Waals surface area contributed by atoms with Gasteiger partial charge in [-0.05, 0) is 0 Å². The average Bonchev–Trinajstić information content (AvgIpc) is 2.75. The van der Waals surface area contributed by atoms with Gasteiger partial charge in [-0.15, -0.1) is 0 Å². The molecule has 0 bridgehead atoms. The third-order valence-corrected chi connectivity index (χ3v) is 2.84. The van der Waals surface area contributed by atoms with E-state index in [0.29, 0.717) is 26.2 Å². The van der Waals surface area contributed by atoms with Crippen molar-refractivity contribution in [3.8, 4) is 0 Å². The van der Waals surface area contributed by atoms with Crippen molar-refractivity contribution < 1.29 is 14.7 Å². The van der Waals surface area contributed by atoms with Crippen LogP contribution in [0.2, 0.25) is 0 Å². The molecule has 1 aliphatic rings. The minimum absolute atomic E-state index is 0.0109. The smallest absolute Gasteiger partial charge is 0.323 e. The number of rotatable bonds is 3. The van der Waals surface area contributed by atoms with Gasteiger partial charge in [-0.25, -0.2) is 4.79 Å². The van der Waals surface area contributed by atoms with Crippen LogP contribution >= 0.6 is 0 Å². The summed E-state index contributed by atoms with van der Waals surface area (Å²) >= 11 is 0. The van der Waals surface area contributed by atoms with Gasteiger partial charge in [-0.2, -0.15) is 0 Å². The van der Waals surface area contributed by atoms with E-state index in [1.807, 2.05) is 0 Å². The molecule has 0 aliphatic carbocycles. The Morgan fingerprint density at radius 3 is 2.44 bits per heavy atom. The Bertz CT molecular complexity index is 498. The van der Waals surface area contributed by atoms with Crippen molar-refractivity contribution in [1.82, 2.24) is 19.8 Å². The summed E-state index contributed by atoms with van der Waals surface area (Å²) in [5.41, 5.74) is -0.186. The Morgan fingerprint density at radius 1 is 1.28 bits per heavy atom. The first kappa shape index (κ1) is 12.4. The van der Waals surface area contributed by atoms with E-state index in [0.717, 1.165) is 0 Å². The van der Waals surface area contributed by atoms with E-state index in [1.54, 1.807) is 9.80 Å². The summed E-state index contributed by atoms with van der Waals surface area (Å²) in [6.07, 6.45) is 1.34. The Labute approximate surface area is 102 Å². The minimum atomic E-state index is -0.871. The standard InChI is InChI=1S/C10H14N4O4/c15-8(16)6-13-1-3-14(4-2-13)9(17)7-5-11-10(18)12-7/h5H,1-4,6H2,(H,15,16)(H2,11,12,18). The predicted octanol–water partition coefficient (Wildman–Crippen LogP) is -1.45. The van der Waals surface area contributed by atoms with E-state index in [1.165, 1.54) is 6.20 Å². The van der Waals surface area contributed by atoms with Crippen LogP contribution in [0.25, 0.3) is 0 Å². The maximum Gasteiger partial charge on any atom is 0.323 e. The molecular formula is C10H14N4O4. The molecule has 2 rings (SSSR count). The van der Waals surface area contributed by atoms with Crippen LogP contribution in [0.1, 0.15) is 10.5 Å². The molecule has 1 aromatic heterocycles. The summed E-state index contributed by atoms with van der Waals surface area (Å²) in [6, 6.07) is 0. The molecule has 98 valence electrons. The molecule has 0 radical (unpaired) electrons. The van der Waals surface area contributed by atoms with Crippen molar-refractivity contribution in [3.63, 3.8) is 0 Å². The molecule has 1 aliphatic heterocycles. The van der Waals surface area contributed by atoms with Crippen molar-refractivity contribution in [2.45, 2.75) is 0 Å².